The lowest BCUT2D eigenvalue weighted by Crippen LogP contribution is -2.21. The van der Waals surface area contributed by atoms with Crippen LogP contribution in [0.5, 0.6) is 5.75 Å². The maximum absolute atomic E-state index is 12.2. The van der Waals surface area contributed by atoms with Gasteiger partial charge in [-0.3, -0.25) is 4.79 Å². The minimum Gasteiger partial charge on any atom is -0.495 e. The van der Waals surface area contributed by atoms with Crippen molar-refractivity contribution in [3.63, 3.8) is 0 Å². The third-order valence-corrected chi connectivity index (χ3v) is 4.74. The predicted molar refractivity (Wildman–Crippen MR) is 109 cm³/mol. The van der Waals surface area contributed by atoms with Crippen molar-refractivity contribution in [2.75, 3.05) is 25.3 Å². The molecule has 1 amide bonds. The Kier molecular flexibility index (Phi) is 6.91. The Morgan fingerprint density at radius 3 is 2.30 bits per heavy atom. The maximum Gasteiger partial charge on any atom is 0.338 e. The van der Waals surface area contributed by atoms with Gasteiger partial charge in [-0.05, 0) is 53.6 Å². The SMILES string of the molecule is COc1ccc(C(C)(C)C)cc1NC(=O)COC(=O)c1ccc(SC)cc1. The van der Waals surface area contributed by atoms with Gasteiger partial charge in [-0.2, -0.15) is 0 Å². The second-order valence-electron chi connectivity index (χ2n) is 7.02. The van der Waals surface area contributed by atoms with Crippen molar-refractivity contribution in [3.8, 4) is 5.75 Å². The molecule has 0 unspecified atom stereocenters. The lowest BCUT2D eigenvalue weighted by molar-refractivity contribution is -0.119. The monoisotopic (exact) mass is 387 g/mol. The average Bonchev–Trinajstić information content (AvgIpc) is 2.65. The van der Waals surface area contributed by atoms with E-state index in [-0.39, 0.29) is 12.0 Å². The van der Waals surface area contributed by atoms with Gasteiger partial charge in [-0.25, -0.2) is 4.79 Å². The molecule has 0 saturated heterocycles. The van der Waals surface area contributed by atoms with E-state index in [1.54, 1.807) is 31.0 Å². The summed E-state index contributed by atoms with van der Waals surface area (Å²) in [5, 5.41) is 2.75. The van der Waals surface area contributed by atoms with Crippen LogP contribution in [0, 0.1) is 0 Å². The molecule has 2 rings (SSSR count). The molecular formula is C21H25NO4S. The quantitative estimate of drug-likeness (QED) is 0.584. The first-order valence-electron chi connectivity index (χ1n) is 8.54. The summed E-state index contributed by atoms with van der Waals surface area (Å²) in [6.07, 6.45) is 1.96. The number of hydrogen-bond acceptors (Lipinski definition) is 5. The van der Waals surface area contributed by atoms with E-state index in [1.165, 1.54) is 0 Å². The van der Waals surface area contributed by atoms with E-state index < -0.39 is 11.9 Å². The Hall–Kier alpha value is -2.47. The number of methoxy groups -OCH3 is 1. The molecule has 6 heteroatoms. The highest BCUT2D eigenvalue weighted by Gasteiger charge is 2.17. The molecule has 2 aromatic carbocycles. The fraction of sp³-hybridized carbons (Fsp3) is 0.333. The van der Waals surface area contributed by atoms with Gasteiger partial charge in [0.2, 0.25) is 0 Å². The van der Waals surface area contributed by atoms with Crippen molar-refractivity contribution in [2.45, 2.75) is 31.1 Å². The minimum absolute atomic E-state index is 0.0683. The highest BCUT2D eigenvalue weighted by molar-refractivity contribution is 7.98. The van der Waals surface area contributed by atoms with E-state index >= 15 is 0 Å². The number of benzene rings is 2. The van der Waals surface area contributed by atoms with Gasteiger partial charge in [0.05, 0.1) is 18.4 Å². The molecule has 2 aromatic rings. The van der Waals surface area contributed by atoms with Crippen molar-refractivity contribution in [1.82, 2.24) is 0 Å². The topological polar surface area (TPSA) is 64.6 Å². The number of thioether (sulfide) groups is 1. The standard InChI is InChI=1S/C21H25NO4S/c1-21(2,3)15-8-11-18(25-4)17(12-15)22-19(23)13-26-20(24)14-6-9-16(27-5)10-7-14/h6-12H,13H2,1-5H3,(H,22,23). The van der Waals surface area contributed by atoms with E-state index in [1.807, 2.05) is 36.6 Å². The van der Waals surface area contributed by atoms with Crippen LogP contribution in [0.1, 0.15) is 36.7 Å². The zero-order valence-corrected chi connectivity index (χ0v) is 17.1. The van der Waals surface area contributed by atoms with Crippen LogP contribution in [0.15, 0.2) is 47.4 Å². The smallest absolute Gasteiger partial charge is 0.338 e. The molecule has 0 aliphatic heterocycles. The summed E-state index contributed by atoms with van der Waals surface area (Å²) in [5.41, 5.74) is 1.95. The fourth-order valence-electron chi connectivity index (χ4n) is 2.40. The normalized spacial score (nSPS) is 11.0. The molecule has 0 heterocycles. The third kappa shape index (κ3) is 5.76. The number of hydrogen-bond donors (Lipinski definition) is 1. The van der Waals surface area contributed by atoms with Crippen molar-refractivity contribution >= 4 is 29.3 Å². The van der Waals surface area contributed by atoms with Gasteiger partial charge in [0.25, 0.3) is 5.91 Å². The average molecular weight is 388 g/mol. The van der Waals surface area contributed by atoms with Crippen LogP contribution in [0.3, 0.4) is 0 Å². The molecule has 0 saturated carbocycles. The minimum atomic E-state index is -0.534. The zero-order valence-electron chi connectivity index (χ0n) is 16.3. The van der Waals surface area contributed by atoms with Crippen molar-refractivity contribution in [2.24, 2.45) is 0 Å². The van der Waals surface area contributed by atoms with E-state index in [0.29, 0.717) is 17.0 Å². The van der Waals surface area contributed by atoms with Crippen molar-refractivity contribution in [3.05, 3.63) is 53.6 Å². The lowest BCUT2D eigenvalue weighted by atomic mass is 9.87. The Morgan fingerprint density at radius 1 is 1.07 bits per heavy atom. The van der Waals surface area contributed by atoms with Gasteiger partial charge >= 0.3 is 5.97 Å². The Balaban J connectivity index is 2.01. The highest BCUT2D eigenvalue weighted by Crippen LogP contribution is 2.31. The molecule has 0 spiro atoms. The largest absolute Gasteiger partial charge is 0.495 e. The van der Waals surface area contributed by atoms with Gasteiger partial charge < -0.3 is 14.8 Å². The third-order valence-electron chi connectivity index (χ3n) is 4.00. The van der Waals surface area contributed by atoms with Crippen molar-refractivity contribution < 1.29 is 19.1 Å². The summed E-state index contributed by atoms with van der Waals surface area (Å²) in [5.74, 6) is -0.406. The summed E-state index contributed by atoms with van der Waals surface area (Å²) in [6, 6.07) is 12.7. The number of anilines is 1. The van der Waals surface area contributed by atoms with Crippen LogP contribution in [0.2, 0.25) is 0 Å². The number of nitrogens with one attached hydrogen (secondary N) is 1. The Labute approximate surface area is 164 Å². The predicted octanol–water partition coefficient (Wildman–Crippen LogP) is 4.51. The molecule has 144 valence electrons. The number of ether oxygens (including phenoxy) is 2. The number of esters is 1. The second kappa shape index (κ2) is 8.95. The summed E-state index contributed by atoms with van der Waals surface area (Å²) in [6.45, 7) is 5.89. The molecule has 27 heavy (non-hydrogen) atoms. The zero-order chi connectivity index (χ0) is 20.0. The molecule has 5 nitrogen and oxygen atoms in total. The van der Waals surface area contributed by atoms with Gasteiger partial charge in [-0.15, -0.1) is 11.8 Å². The molecule has 0 atom stereocenters. The Morgan fingerprint density at radius 2 is 1.74 bits per heavy atom. The fourth-order valence-corrected chi connectivity index (χ4v) is 2.81. The first-order chi connectivity index (χ1) is 12.7. The number of carbonyl (C=O) groups excluding carboxylic acids is 2. The van der Waals surface area contributed by atoms with Crippen molar-refractivity contribution in [1.29, 1.82) is 0 Å². The second-order valence-corrected chi connectivity index (χ2v) is 7.90. The summed E-state index contributed by atoms with van der Waals surface area (Å²) in [7, 11) is 1.54. The summed E-state index contributed by atoms with van der Waals surface area (Å²) >= 11 is 1.59. The Bertz CT molecular complexity index is 810. The molecule has 0 aliphatic carbocycles. The van der Waals surface area contributed by atoms with Crippen LogP contribution in [0.4, 0.5) is 5.69 Å². The van der Waals surface area contributed by atoms with Gasteiger partial charge in [-0.1, -0.05) is 26.8 Å². The maximum atomic E-state index is 12.2. The lowest BCUT2D eigenvalue weighted by Gasteiger charge is -2.21. The van der Waals surface area contributed by atoms with E-state index in [2.05, 4.69) is 26.1 Å². The van der Waals surface area contributed by atoms with E-state index in [0.717, 1.165) is 10.5 Å². The van der Waals surface area contributed by atoms with Crippen LogP contribution >= 0.6 is 11.8 Å². The summed E-state index contributed by atoms with van der Waals surface area (Å²) < 4.78 is 10.4. The highest BCUT2D eigenvalue weighted by atomic mass is 32.2. The van der Waals surface area contributed by atoms with E-state index in [9.17, 15) is 9.59 Å². The van der Waals surface area contributed by atoms with E-state index in [4.69, 9.17) is 9.47 Å². The molecule has 0 bridgehead atoms. The number of carbonyl (C=O) groups is 2. The molecule has 1 N–H and O–H groups in total. The first-order valence-corrected chi connectivity index (χ1v) is 9.76. The molecule has 0 fully saturated rings. The molecule has 0 radical (unpaired) electrons. The van der Waals surface area contributed by atoms with Crippen LogP contribution in [0.25, 0.3) is 0 Å². The number of amides is 1. The van der Waals surface area contributed by atoms with Gasteiger partial charge in [0, 0.05) is 4.90 Å². The number of rotatable bonds is 6. The van der Waals surface area contributed by atoms with Gasteiger partial charge in [0.15, 0.2) is 6.61 Å². The summed E-state index contributed by atoms with van der Waals surface area (Å²) in [4.78, 5) is 25.4. The molecule has 0 aliphatic rings. The molecule has 0 aromatic heterocycles. The van der Waals surface area contributed by atoms with Crippen LogP contribution < -0.4 is 10.1 Å². The van der Waals surface area contributed by atoms with Crippen LogP contribution in [-0.2, 0) is 14.9 Å². The van der Waals surface area contributed by atoms with Gasteiger partial charge in [0.1, 0.15) is 5.75 Å². The first kappa shape index (κ1) is 20.8. The van der Waals surface area contributed by atoms with Crippen LogP contribution in [-0.4, -0.2) is 31.8 Å². The molecular weight excluding hydrogens is 362 g/mol.